The summed E-state index contributed by atoms with van der Waals surface area (Å²) in [5, 5.41) is 3.20. The van der Waals surface area contributed by atoms with Gasteiger partial charge in [-0.3, -0.25) is 0 Å². The Morgan fingerprint density at radius 2 is 1.79 bits per heavy atom. The van der Waals surface area contributed by atoms with Gasteiger partial charge in [-0.05, 0) is 35.4 Å². The summed E-state index contributed by atoms with van der Waals surface area (Å²) in [4.78, 5) is 0. The van der Waals surface area contributed by atoms with E-state index in [-0.39, 0.29) is 5.41 Å². The lowest BCUT2D eigenvalue weighted by atomic mass is 9.73. The normalized spacial score (nSPS) is 16.7. The molecule has 0 saturated carbocycles. The maximum atomic E-state index is 5.52. The highest BCUT2D eigenvalue weighted by Gasteiger charge is 2.42. The van der Waals surface area contributed by atoms with Crippen LogP contribution in [0.2, 0.25) is 0 Å². The number of anilines is 1. The average molecular weight is 318 g/mol. The van der Waals surface area contributed by atoms with Crippen molar-refractivity contribution in [3.8, 4) is 0 Å². The first-order valence-corrected chi connectivity index (χ1v) is 7.16. The number of ether oxygens (including phenoxy) is 1. The number of benzene rings is 2. The van der Waals surface area contributed by atoms with E-state index in [0.29, 0.717) is 0 Å². The van der Waals surface area contributed by atoms with Crippen molar-refractivity contribution in [3.63, 3.8) is 0 Å². The predicted octanol–water partition coefficient (Wildman–Crippen LogP) is 3.81. The summed E-state index contributed by atoms with van der Waals surface area (Å²) in [7, 11) is 1.95. The van der Waals surface area contributed by atoms with Crippen LogP contribution in [0.3, 0.4) is 0 Å². The highest BCUT2D eigenvalue weighted by atomic mass is 79.9. The third kappa shape index (κ3) is 2.17. The van der Waals surface area contributed by atoms with Gasteiger partial charge in [-0.25, -0.2) is 0 Å². The van der Waals surface area contributed by atoms with Gasteiger partial charge in [-0.2, -0.15) is 0 Å². The Labute approximate surface area is 121 Å². The van der Waals surface area contributed by atoms with Crippen molar-refractivity contribution in [2.45, 2.75) is 5.41 Å². The Kier molecular flexibility index (Phi) is 3.33. The third-order valence-electron chi connectivity index (χ3n) is 3.80. The molecule has 2 aromatic rings. The molecule has 0 spiro atoms. The second kappa shape index (κ2) is 4.99. The SMILES string of the molecule is CNc1cccc(C2(c3ccc(Br)cc3)COC2)c1. The number of rotatable bonds is 3. The number of hydrogen-bond donors (Lipinski definition) is 1. The van der Waals surface area contributed by atoms with Gasteiger partial charge in [0.15, 0.2) is 0 Å². The Morgan fingerprint density at radius 3 is 2.37 bits per heavy atom. The Morgan fingerprint density at radius 1 is 1.05 bits per heavy atom. The van der Waals surface area contributed by atoms with Crippen LogP contribution >= 0.6 is 15.9 Å². The third-order valence-corrected chi connectivity index (χ3v) is 4.33. The van der Waals surface area contributed by atoms with Crippen molar-refractivity contribution in [2.24, 2.45) is 0 Å². The molecule has 0 atom stereocenters. The first-order chi connectivity index (χ1) is 9.24. The van der Waals surface area contributed by atoms with Gasteiger partial charge in [0, 0.05) is 17.2 Å². The fraction of sp³-hybridized carbons (Fsp3) is 0.250. The first kappa shape index (κ1) is 12.7. The van der Waals surface area contributed by atoms with Crippen LogP contribution < -0.4 is 5.32 Å². The van der Waals surface area contributed by atoms with Crippen LogP contribution in [0.4, 0.5) is 5.69 Å². The van der Waals surface area contributed by atoms with Gasteiger partial charge >= 0.3 is 0 Å². The van der Waals surface area contributed by atoms with Crippen molar-refractivity contribution >= 4 is 21.6 Å². The highest BCUT2D eigenvalue weighted by Crippen LogP contribution is 2.40. The molecule has 1 heterocycles. The lowest BCUT2D eigenvalue weighted by molar-refractivity contribution is -0.0379. The van der Waals surface area contributed by atoms with Gasteiger partial charge < -0.3 is 10.1 Å². The van der Waals surface area contributed by atoms with Gasteiger partial charge in [0.25, 0.3) is 0 Å². The Bertz CT molecular complexity index is 576. The van der Waals surface area contributed by atoms with Gasteiger partial charge in [-0.15, -0.1) is 0 Å². The molecule has 0 unspecified atom stereocenters. The summed E-state index contributed by atoms with van der Waals surface area (Å²) in [6.07, 6.45) is 0. The summed E-state index contributed by atoms with van der Waals surface area (Å²) >= 11 is 3.49. The van der Waals surface area contributed by atoms with Crippen LogP contribution in [0.1, 0.15) is 11.1 Å². The molecule has 3 heteroatoms. The molecule has 1 N–H and O–H groups in total. The maximum absolute atomic E-state index is 5.52. The van der Waals surface area contributed by atoms with Gasteiger partial charge in [0.2, 0.25) is 0 Å². The van der Waals surface area contributed by atoms with E-state index in [1.165, 1.54) is 11.1 Å². The van der Waals surface area contributed by atoms with Crippen molar-refractivity contribution in [3.05, 3.63) is 64.1 Å². The first-order valence-electron chi connectivity index (χ1n) is 6.37. The molecular formula is C16H16BrNO. The second-order valence-corrected chi connectivity index (χ2v) is 5.83. The molecule has 0 bridgehead atoms. The Hall–Kier alpha value is -1.32. The molecule has 0 radical (unpaired) electrons. The zero-order chi connectivity index (χ0) is 13.3. The quantitative estimate of drug-likeness (QED) is 0.929. The molecule has 1 saturated heterocycles. The standard InChI is InChI=1S/C16H16BrNO/c1-18-15-4-2-3-13(9-15)16(10-19-11-16)12-5-7-14(17)8-6-12/h2-9,18H,10-11H2,1H3. The van der Waals surface area contributed by atoms with Gasteiger partial charge in [-0.1, -0.05) is 40.2 Å². The fourth-order valence-electron chi connectivity index (χ4n) is 2.55. The zero-order valence-electron chi connectivity index (χ0n) is 10.8. The van der Waals surface area contributed by atoms with Crippen LogP contribution in [0.25, 0.3) is 0 Å². The van der Waals surface area contributed by atoms with Crippen LogP contribution in [0.15, 0.2) is 53.0 Å². The lowest BCUT2D eigenvalue weighted by Crippen LogP contribution is -2.47. The van der Waals surface area contributed by atoms with E-state index in [0.717, 1.165) is 23.4 Å². The fourth-order valence-corrected chi connectivity index (χ4v) is 2.81. The van der Waals surface area contributed by atoms with Crippen LogP contribution in [-0.2, 0) is 10.2 Å². The molecule has 3 rings (SSSR count). The smallest absolute Gasteiger partial charge is 0.0670 e. The van der Waals surface area contributed by atoms with Crippen molar-refractivity contribution in [2.75, 3.05) is 25.6 Å². The molecule has 2 nitrogen and oxygen atoms in total. The lowest BCUT2D eigenvalue weighted by Gasteiger charge is -2.42. The minimum absolute atomic E-state index is 0.00750. The summed E-state index contributed by atoms with van der Waals surface area (Å²) < 4.78 is 6.63. The monoisotopic (exact) mass is 317 g/mol. The summed E-state index contributed by atoms with van der Waals surface area (Å²) in [6.45, 7) is 1.50. The molecule has 0 aliphatic carbocycles. The van der Waals surface area contributed by atoms with E-state index in [1.54, 1.807) is 0 Å². The molecule has 0 aromatic heterocycles. The summed E-state index contributed by atoms with van der Waals surface area (Å²) in [6, 6.07) is 17.1. The molecular weight excluding hydrogens is 302 g/mol. The average Bonchev–Trinajstić information content (AvgIpc) is 2.40. The van der Waals surface area contributed by atoms with Gasteiger partial charge in [0.1, 0.15) is 0 Å². The number of nitrogens with one attached hydrogen (secondary N) is 1. The summed E-state index contributed by atoms with van der Waals surface area (Å²) in [5.41, 5.74) is 3.78. The molecule has 1 fully saturated rings. The largest absolute Gasteiger partial charge is 0.388 e. The van der Waals surface area contributed by atoms with Crippen molar-refractivity contribution < 1.29 is 4.74 Å². The van der Waals surface area contributed by atoms with Crippen LogP contribution in [-0.4, -0.2) is 20.3 Å². The molecule has 1 aliphatic rings. The van der Waals surface area contributed by atoms with Crippen molar-refractivity contribution in [1.29, 1.82) is 0 Å². The van der Waals surface area contributed by atoms with Crippen LogP contribution in [0.5, 0.6) is 0 Å². The van der Waals surface area contributed by atoms with Gasteiger partial charge in [0.05, 0.1) is 18.6 Å². The Balaban J connectivity index is 2.05. The molecule has 2 aromatic carbocycles. The van der Waals surface area contributed by atoms with E-state index >= 15 is 0 Å². The maximum Gasteiger partial charge on any atom is 0.0670 e. The molecule has 98 valence electrons. The van der Waals surface area contributed by atoms with E-state index in [1.807, 2.05) is 7.05 Å². The predicted molar refractivity (Wildman–Crippen MR) is 81.7 cm³/mol. The highest BCUT2D eigenvalue weighted by molar-refractivity contribution is 9.10. The van der Waals surface area contributed by atoms with E-state index in [9.17, 15) is 0 Å². The number of halogens is 1. The summed E-state index contributed by atoms with van der Waals surface area (Å²) in [5.74, 6) is 0. The minimum Gasteiger partial charge on any atom is -0.388 e. The van der Waals surface area contributed by atoms with E-state index in [4.69, 9.17) is 4.74 Å². The molecule has 19 heavy (non-hydrogen) atoms. The molecule has 1 aliphatic heterocycles. The minimum atomic E-state index is 0.00750. The zero-order valence-corrected chi connectivity index (χ0v) is 12.4. The number of hydrogen-bond acceptors (Lipinski definition) is 2. The van der Waals surface area contributed by atoms with Crippen LogP contribution in [0, 0.1) is 0 Å². The van der Waals surface area contributed by atoms with E-state index < -0.39 is 0 Å². The topological polar surface area (TPSA) is 21.3 Å². The molecule has 0 amide bonds. The van der Waals surface area contributed by atoms with E-state index in [2.05, 4.69) is 69.8 Å². The van der Waals surface area contributed by atoms with Crippen molar-refractivity contribution in [1.82, 2.24) is 0 Å². The second-order valence-electron chi connectivity index (χ2n) is 4.91.